The fourth-order valence-electron chi connectivity index (χ4n) is 2.77. The number of halogens is 2. The molecule has 2 amide bonds. The van der Waals surface area contributed by atoms with Crippen molar-refractivity contribution in [2.24, 2.45) is 0 Å². The average Bonchev–Trinajstić information content (AvgIpc) is 3.16. The highest BCUT2D eigenvalue weighted by atomic mass is 32.1. The summed E-state index contributed by atoms with van der Waals surface area (Å²) < 4.78 is 37.5. The maximum atomic E-state index is 13.4. The molecule has 0 saturated carbocycles. The number of benzene rings is 2. The van der Waals surface area contributed by atoms with Gasteiger partial charge in [-0.15, -0.1) is 0 Å². The van der Waals surface area contributed by atoms with Crippen LogP contribution >= 0.6 is 11.3 Å². The van der Waals surface area contributed by atoms with Crippen LogP contribution in [0.3, 0.4) is 0 Å². The summed E-state index contributed by atoms with van der Waals surface area (Å²) in [5, 5.41) is 15.6. The molecule has 3 rings (SSSR count). The van der Waals surface area contributed by atoms with E-state index in [9.17, 15) is 23.5 Å². The molecule has 1 heterocycles. The number of aromatic nitrogens is 1. The number of nitrogens with zero attached hydrogens (tertiary/aromatic N) is 1. The Labute approximate surface area is 204 Å². The number of amides is 2. The van der Waals surface area contributed by atoms with Crippen LogP contribution in [0.5, 0.6) is 10.8 Å². The Morgan fingerprint density at radius 2 is 1.66 bits per heavy atom. The van der Waals surface area contributed by atoms with Crippen LogP contribution in [0.2, 0.25) is 0 Å². The minimum Gasteiger partial charge on any atom is -0.444 e. The molecule has 3 aromatic rings. The topological polar surface area (TPSA) is 110 Å². The molecule has 0 spiro atoms. The Hall–Kier alpha value is -3.57. The maximum Gasteiger partial charge on any atom is 0.407 e. The molecule has 1 aromatic heterocycles. The quantitative estimate of drug-likeness (QED) is 0.393. The van der Waals surface area contributed by atoms with Crippen LogP contribution in [0, 0.1) is 11.6 Å². The summed E-state index contributed by atoms with van der Waals surface area (Å²) in [5.74, 6) is -1.25. The van der Waals surface area contributed by atoms with Crippen molar-refractivity contribution in [2.45, 2.75) is 38.9 Å². The monoisotopic (exact) mass is 505 g/mol. The number of hydrogen-bond acceptors (Lipinski definition) is 7. The standard InChI is InChI=1S/C24H25F2N3O5S/c1-24(2,3)34-23(32)27-13-12-18(30)20(31)29-22-28-19(14-4-6-15(25)7-5-14)21(35-22)33-17-10-8-16(26)9-11-17/h4-11,18,30H,12-13H2,1-3H3,(H,27,32)(H,28,29,31). The molecule has 186 valence electrons. The lowest BCUT2D eigenvalue weighted by Gasteiger charge is -2.20. The van der Waals surface area contributed by atoms with E-state index in [0.717, 1.165) is 11.3 Å². The first-order chi connectivity index (χ1) is 16.5. The fourth-order valence-corrected chi connectivity index (χ4v) is 3.64. The molecule has 3 N–H and O–H groups in total. The van der Waals surface area contributed by atoms with Gasteiger partial charge in [0.05, 0.1) is 0 Å². The van der Waals surface area contributed by atoms with Crippen LogP contribution in [0.25, 0.3) is 11.3 Å². The lowest BCUT2D eigenvalue weighted by Crippen LogP contribution is -2.36. The third kappa shape index (κ3) is 8.01. The van der Waals surface area contributed by atoms with Gasteiger partial charge in [0.25, 0.3) is 5.91 Å². The van der Waals surface area contributed by atoms with E-state index in [4.69, 9.17) is 9.47 Å². The Balaban J connectivity index is 1.69. The van der Waals surface area contributed by atoms with Crippen molar-refractivity contribution in [2.75, 3.05) is 11.9 Å². The lowest BCUT2D eigenvalue weighted by molar-refractivity contribution is -0.124. The van der Waals surface area contributed by atoms with Crippen molar-refractivity contribution in [3.05, 3.63) is 60.2 Å². The van der Waals surface area contributed by atoms with Crippen LogP contribution in [-0.4, -0.2) is 40.3 Å². The second kappa shape index (κ2) is 11.2. The molecule has 0 radical (unpaired) electrons. The molecule has 35 heavy (non-hydrogen) atoms. The average molecular weight is 506 g/mol. The molecule has 0 saturated heterocycles. The molecule has 0 aliphatic heterocycles. The first-order valence-corrected chi connectivity index (χ1v) is 11.5. The van der Waals surface area contributed by atoms with E-state index in [-0.39, 0.29) is 23.2 Å². The molecular formula is C24H25F2N3O5S. The van der Waals surface area contributed by atoms with Gasteiger partial charge in [0.2, 0.25) is 5.06 Å². The summed E-state index contributed by atoms with van der Waals surface area (Å²) in [6, 6.07) is 10.9. The number of carbonyl (C=O) groups is 2. The van der Waals surface area contributed by atoms with Gasteiger partial charge in [0.15, 0.2) is 5.13 Å². The molecule has 1 unspecified atom stereocenters. The van der Waals surface area contributed by atoms with E-state index in [1.54, 1.807) is 20.8 Å². The highest BCUT2D eigenvalue weighted by Crippen LogP contribution is 2.40. The highest BCUT2D eigenvalue weighted by molar-refractivity contribution is 7.18. The molecule has 11 heteroatoms. The third-order valence-electron chi connectivity index (χ3n) is 4.36. The third-order valence-corrected chi connectivity index (χ3v) is 5.21. The predicted octanol–water partition coefficient (Wildman–Crippen LogP) is 5.09. The summed E-state index contributed by atoms with van der Waals surface area (Å²) in [4.78, 5) is 28.5. The van der Waals surface area contributed by atoms with Gasteiger partial charge in [0.1, 0.15) is 34.8 Å². The number of ether oxygens (including phenoxy) is 2. The Morgan fingerprint density at radius 3 is 2.26 bits per heavy atom. The van der Waals surface area contributed by atoms with Crippen LogP contribution < -0.4 is 15.4 Å². The second-order valence-corrected chi connectivity index (χ2v) is 9.40. The molecule has 1 atom stereocenters. The molecule has 0 aliphatic rings. The van der Waals surface area contributed by atoms with Gasteiger partial charge in [-0.1, -0.05) is 11.3 Å². The minimum atomic E-state index is -1.43. The largest absolute Gasteiger partial charge is 0.444 e. The van der Waals surface area contributed by atoms with E-state index in [1.807, 2.05) is 0 Å². The van der Waals surface area contributed by atoms with Crippen LogP contribution in [-0.2, 0) is 9.53 Å². The zero-order valence-electron chi connectivity index (χ0n) is 19.3. The smallest absolute Gasteiger partial charge is 0.407 e. The number of rotatable bonds is 8. The van der Waals surface area contributed by atoms with Gasteiger partial charge in [-0.2, -0.15) is 0 Å². The number of nitrogens with one attached hydrogen (secondary N) is 2. The Morgan fingerprint density at radius 1 is 1.06 bits per heavy atom. The van der Waals surface area contributed by atoms with Crippen molar-refractivity contribution in [3.63, 3.8) is 0 Å². The highest BCUT2D eigenvalue weighted by Gasteiger charge is 2.21. The maximum absolute atomic E-state index is 13.4. The Kier molecular flexibility index (Phi) is 8.36. The number of carbonyl (C=O) groups excluding carboxylic acids is 2. The molecule has 0 bridgehead atoms. The van der Waals surface area contributed by atoms with Gasteiger partial charge in [0, 0.05) is 12.1 Å². The van der Waals surface area contributed by atoms with Gasteiger partial charge < -0.3 is 19.9 Å². The second-order valence-electron chi connectivity index (χ2n) is 8.44. The summed E-state index contributed by atoms with van der Waals surface area (Å²) in [5.41, 5.74) is 0.193. The summed E-state index contributed by atoms with van der Waals surface area (Å²) in [7, 11) is 0. The number of aliphatic hydroxyl groups excluding tert-OH is 1. The van der Waals surface area contributed by atoms with E-state index in [1.165, 1.54) is 48.5 Å². The van der Waals surface area contributed by atoms with Gasteiger partial charge >= 0.3 is 6.09 Å². The van der Waals surface area contributed by atoms with Gasteiger partial charge in [-0.05, 0) is 75.7 Å². The van der Waals surface area contributed by atoms with Crippen molar-refractivity contribution in [1.29, 1.82) is 0 Å². The van der Waals surface area contributed by atoms with Crippen molar-refractivity contribution in [1.82, 2.24) is 10.3 Å². The van der Waals surface area contributed by atoms with E-state index in [2.05, 4.69) is 15.6 Å². The number of alkyl carbamates (subject to hydrolysis) is 1. The van der Waals surface area contributed by atoms with Crippen LogP contribution in [0.15, 0.2) is 48.5 Å². The van der Waals surface area contributed by atoms with Gasteiger partial charge in [-0.3, -0.25) is 10.1 Å². The lowest BCUT2D eigenvalue weighted by atomic mass is 10.2. The molecule has 2 aromatic carbocycles. The predicted molar refractivity (Wildman–Crippen MR) is 127 cm³/mol. The summed E-state index contributed by atoms with van der Waals surface area (Å²) in [6.45, 7) is 5.17. The zero-order valence-corrected chi connectivity index (χ0v) is 20.1. The molecule has 0 aliphatic carbocycles. The van der Waals surface area contributed by atoms with E-state index in [0.29, 0.717) is 17.0 Å². The minimum absolute atomic E-state index is 0.0150. The van der Waals surface area contributed by atoms with Crippen LogP contribution in [0.4, 0.5) is 18.7 Å². The first-order valence-electron chi connectivity index (χ1n) is 10.7. The molecule has 8 nitrogen and oxygen atoms in total. The summed E-state index contributed by atoms with van der Waals surface area (Å²) >= 11 is 0.985. The fraction of sp³-hybridized carbons (Fsp3) is 0.292. The van der Waals surface area contributed by atoms with Crippen molar-refractivity contribution < 1.29 is 33.0 Å². The number of thiazole rings is 1. The first kappa shape index (κ1) is 26.0. The van der Waals surface area contributed by atoms with Crippen molar-refractivity contribution in [3.8, 4) is 22.1 Å². The number of aliphatic hydroxyl groups is 1. The molecule has 0 fully saturated rings. The van der Waals surface area contributed by atoms with Gasteiger partial charge in [-0.25, -0.2) is 18.6 Å². The van der Waals surface area contributed by atoms with Crippen LogP contribution in [0.1, 0.15) is 27.2 Å². The SMILES string of the molecule is CC(C)(C)OC(=O)NCCC(O)C(=O)Nc1nc(-c2ccc(F)cc2)c(Oc2ccc(F)cc2)s1. The number of hydrogen-bond donors (Lipinski definition) is 3. The van der Waals surface area contributed by atoms with E-state index < -0.39 is 35.3 Å². The van der Waals surface area contributed by atoms with E-state index >= 15 is 0 Å². The molecular weight excluding hydrogens is 480 g/mol. The van der Waals surface area contributed by atoms with Crippen molar-refractivity contribution >= 4 is 28.5 Å². The summed E-state index contributed by atoms with van der Waals surface area (Å²) in [6.07, 6.45) is -2.14. The normalized spacial score (nSPS) is 12.1. The number of anilines is 1. The zero-order chi connectivity index (χ0) is 25.6. The Bertz CT molecular complexity index is 1160.